The fourth-order valence-electron chi connectivity index (χ4n) is 0.903. The Labute approximate surface area is 81.9 Å². The molecule has 0 spiro atoms. The van der Waals surface area contributed by atoms with Gasteiger partial charge >= 0.3 is 6.09 Å². The van der Waals surface area contributed by atoms with Crippen LogP contribution in [0.4, 0.5) is 9.18 Å². The highest BCUT2D eigenvalue weighted by Crippen LogP contribution is 2.11. The van der Waals surface area contributed by atoms with Gasteiger partial charge in [0.15, 0.2) is 0 Å². The minimum Gasteiger partial charge on any atom is -0.410 e. The molecule has 0 atom stereocenters. The Morgan fingerprint density at radius 2 is 2.21 bits per heavy atom. The lowest BCUT2D eigenvalue weighted by molar-refractivity contribution is 0.197. The molecule has 1 N–H and O–H groups in total. The minimum absolute atomic E-state index is 0.00365. The van der Waals surface area contributed by atoms with Gasteiger partial charge in [-0.2, -0.15) is 0 Å². The Hall–Kier alpha value is -1.58. The molecule has 0 saturated heterocycles. The van der Waals surface area contributed by atoms with Crippen molar-refractivity contribution in [1.82, 2.24) is 5.32 Å². The summed E-state index contributed by atoms with van der Waals surface area (Å²) in [4.78, 5) is 11.1. The van der Waals surface area contributed by atoms with E-state index in [2.05, 4.69) is 5.32 Å². The molecule has 0 aromatic heterocycles. The smallest absolute Gasteiger partial charge is 0.410 e. The number of halogens is 1. The molecule has 1 aromatic rings. The van der Waals surface area contributed by atoms with Gasteiger partial charge in [0.2, 0.25) is 0 Å². The van der Waals surface area contributed by atoms with E-state index in [9.17, 15) is 9.18 Å². The predicted octanol–water partition coefficient (Wildman–Crippen LogP) is 2.32. The highest BCUT2D eigenvalue weighted by Gasteiger charge is 2.05. The maximum Gasteiger partial charge on any atom is 0.412 e. The second-order valence-electron chi connectivity index (χ2n) is 3.15. The van der Waals surface area contributed by atoms with Gasteiger partial charge in [0.25, 0.3) is 0 Å². The highest BCUT2D eigenvalue weighted by molar-refractivity contribution is 5.70. The summed E-state index contributed by atoms with van der Waals surface area (Å²) in [5.74, 6) is -0.233. The molecule has 0 aliphatic carbocycles. The van der Waals surface area contributed by atoms with Gasteiger partial charge in [-0.15, -0.1) is 0 Å². The van der Waals surface area contributed by atoms with Gasteiger partial charge < -0.3 is 10.1 Å². The van der Waals surface area contributed by atoms with E-state index in [0.29, 0.717) is 0 Å². The highest BCUT2D eigenvalue weighted by atomic mass is 19.1. The first-order valence-corrected chi connectivity index (χ1v) is 4.32. The Bertz CT molecular complexity index is 326. The summed E-state index contributed by atoms with van der Waals surface area (Å²) in [6, 6.07) is 5.43. The zero-order chi connectivity index (χ0) is 10.6. The number of hydrogen-bond acceptors (Lipinski definition) is 2. The van der Waals surface area contributed by atoms with Crippen LogP contribution in [0, 0.1) is 5.82 Å². The third-order valence-electron chi connectivity index (χ3n) is 1.41. The van der Waals surface area contributed by atoms with Crippen molar-refractivity contribution in [3.05, 3.63) is 30.1 Å². The molecule has 0 aliphatic rings. The van der Waals surface area contributed by atoms with Crippen molar-refractivity contribution in [2.45, 2.75) is 19.9 Å². The van der Waals surface area contributed by atoms with Crippen LogP contribution in [0.15, 0.2) is 24.3 Å². The topological polar surface area (TPSA) is 38.3 Å². The van der Waals surface area contributed by atoms with Crippen LogP contribution in [0.5, 0.6) is 5.75 Å². The summed E-state index contributed by atoms with van der Waals surface area (Å²) in [6.07, 6.45) is -0.578. The first-order valence-electron chi connectivity index (χ1n) is 4.32. The van der Waals surface area contributed by atoms with Gasteiger partial charge in [-0.1, -0.05) is 6.07 Å². The molecule has 76 valence electrons. The summed E-state index contributed by atoms with van der Waals surface area (Å²) in [5.41, 5.74) is 0. The van der Waals surface area contributed by atoms with Gasteiger partial charge in [0, 0.05) is 12.1 Å². The molecule has 14 heavy (non-hydrogen) atoms. The van der Waals surface area contributed by atoms with Crippen LogP contribution in [0.2, 0.25) is 0 Å². The molecule has 0 heterocycles. The molecule has 0 saturated carbocycles. The number of carbonyl (C=O) groups is 1. The molecule has 0 bridgehead atoms. The van der Waals surface area contributed by atoms with Crippen molar-refractivity contribution in [1.29, 1.82) is 0 Å². The number of hydrogen-bond donors (Lipinski definition) is 1. The number of carbonyl (C=O) groups excluding carboxylic acids is 1. The average Bonchev–Trinajstić information content (AvgIpc) is 2.01. The van der Waals surface area contributed by atoms with Gasteiger partial charge in [0.05, 0.1) is 0 Å². The van der Waals surface area contributed by atoms with Crippen molar-refractivity contribution in [2.24, 2.45) is 0 Å². The maximum absolute atomic E-state index is 12.7. The summed E-state index contributed by atoms with van der Waals surface area (Å²) in [7, 11) is 0. The van der Waals surface area contributed by atoms with E-state index in [1.165, 1.54) is 18.2 Å². The summed E-state index contributed by atoms with van der Waals surface area (Å²) in [5, 5.41) is 2.53. The van der Waals surface area contributed by atoms with Crippen molar-refractivity contribution in [3.63, 3.8) is 0 Å². The van der Waals surface area contributed by atoms with Crippen LogP contribution in [0.25, 0.3) is 0 Å². The fourth-order valence-corrected chi connectivity index (χ4v) is 0.903. The Kier molecular flexibility index (Phi) is 3.45. The number of nitrogens with one attached hydrogen (secondary N) is 1. The zero-order valence-corrected chi connectivity index (χ0v) is 8.08. The normalized spacial score (nSPS) is 10.0. The molecule has 0 unspecified atom stereocenters. The molecule has 1 aromatic carbocycles. The van der Waals surface area contributed by atoms with Crippen LogP contribution in [0.3, 0.4) is 0 Å². The quantitative estimate of drug-likeness (QED) is 0.790. The van der Waals surface area contributed by atoms with Crippen LogP contribution < -0.4 is 10.1 Å². The second kappa shape index (κ2) is 4.60. The summed E-state index contributed by atoms with van der Waals surface area (Å²) < 4.78 is 17.5. The molecule has 0 aliphatic heterocycles. The lowest BCUT2D eigenvalue weighted by Crippen LogP contribution is -2.32. The SMILES string of the molecule is CC(C)NC(=O)Oc1cccc(F)c1. The van der Waals surface area contributed by atoms with Crippen LogP contribution in [-0.4, -0.2) is 12.1 Å². The third kappa shape index (κ3) is 3.43. The van der Waals surface area contributed by atoms with Crippen LogP contribution >= 0.6 is 0 Å². The summed E-state index contributed by atoms with van der Waals surface area (Å²) in [6.45, 7) is 3.62. The molecule has 1 amide bonds. The Morgan fingerprint density at radius 3 is 2.79 bits per heavy atom. The van der Waals surface area contributed by atoms with Gasteiger partial charge in [0.1, 0.15) is 11.6 Å². The molecule has 0 radical (unpaired) electrons. The van der Waals surface area contributed by atoms with E-state index in [4.69, 9.17) is 4.74 Å². The molecular weight excluding hydrogens is 185 g/mol. The molecule has 4 heteroatoms. The predicted molar refractivity (Wildman–Crippen MR) is 50.7 cm³/mol. The first-order chi connectivity index (χ1) is 6.58. The molecule has 0 fully saturated rings. The second-order valence-corrected chi connectivity index (χ2v) is 3.15. The number of benzene rings is 1. The minimum atomic E-state index is -0.578. The van der Waals surface area contributed by atoms with E-state index in [0.717, 1.165) is 6.07 Å². The van der Waals surface area contributed by atoms with Crippen LogP contribution in [-0.2, 0) is 0 Å². The van der Waals surface area contributed by atoms with Gasteiger partial charge in [-0.05, 0) is 26.0 Å². The van der Waals surface area contributed by atoms with Crippen molar-refractivity contribution in [2.75, 3.05) is 0 Å². The third-order valence-corrected chi connectivity index (χ3v) is 1.41. The molecular formula is C10H12FNO2. The van der Waals surface area contributed by atoms with Crippen molar-refractivity contribution >= 4 is 6.09 Å². The largest absolute Gasteiger partial charge is 0.412 e. The van der Waals surface area contributed by atoms with Gasteiger partial charge in [-0.25, -0.2) is 9.18 Å². The van der Waals surface area contributed by atoms with Crippen LogP contribution in [0.1, 0.15) is 13.8 Å². The van der Waals surface area contributed by atoms with E-state index < -0.39 is 11.9 Å². The number of amides is 1. The standard InChI is InChI=1S/C10H12FNO2/c1-7(2)12-10(13)14-9-5-3-4-8(11)6-9/h3-7H,1-2H3,(H,12,13). The van der Waals surface area contributed by atoms with E-state index >= 15 is 0 Å². The summed E-state index contributed by atoms with van der Waals surface area (Å²) >= 11 is 0. The lowest BCUT2D eigenvalue weighted by Gasteiger charge is -2.08. The lowest BCUT2D eigenvalue weighted by atomic mass is 10.3. The zero-order valence-electron chi connectivity index (χ0n) is 8.08. The van der Waals surface area contributed by atoms with E-state index in [-0.39, 0.29) is 11.8 Å². The van der Waals surface area contributed by atoms with E-state index in [1.54, 1.807) is 0 Å². The average molecular weight is 197 g/mol. The van der Waals surface area contributed by atoms with Crippen molar-refractivity contribution in [3.8, 4) is 5.75 Å². The maximum atomic E-state index is 12.7. The first kappa shape index (κ1) is 10.5. The fraction of sp³-hybridized carbons (Fsp3) is 0.300. The molecule has 1 rings (SSSR count). The van der Waals surface area contributed by atoms with Gasteiger partial charge in [-0.3, -0.25) is 0 Å². The Balaban J connectivity index is 2.56. The Morgan fingerprint density at radius 1 is 1.50 bits per heavy atom. The molecule has 3 nitrogen and oxygen atoms in total. The number of rotatable bonds is 2. The number of ether oxygens (including phenoxy) is 1. The monoisotopic (exact) mass is 197 g/mol. The van der Waals surface area contributed by atoms with E-state index in [1.807, 2.05) is 13.8 Å². The van der Waals surface area contributed by atoms with Crippen molar-refractivity contribution < 1.29 is 13.9 Å².